The number of hydrogen-bond donors (Lipinski definition) is 1. The van der Waals surface area contributed by atoms with Gasteiger partial charge in [0.25, 0.3) is 0 Å². The average molecular weight is 365 g/mol. The molecule has 2 aromatic carbocycles. The Hall–Kier alpha value is -2.83. The van der Waals surface area contributed by atoms with Crippen molar-refractivity contribution < 1.29 is 27.9 Å². The van der Waals surface area contributed by atoms with Gasteiger partial charge in [-0.05, 0) is 17.2 Å². The summed E-state index contributed by atoms with van der Waals surface area (Å²) in [5.74, 6) is -1.73. The number of amides is 1. The minimum Gasteiger partial charge on any atom is -0.478 e. The molecule has 1 amide bonds. The number of nitrogens with zero attached hydrogens (tertiary/aromatic N) is 1. The number of carbonyl (C=O) groups is 2. The number of aromatic carboxylic acids is 1. The predicted molar refractivity (Wildman–Crippen MR) is 89.6 cm³/mol. The lowest BCUT2D eigenvalue weighted by molar-refractivity contribution is -0.145. The Balaban J connectivity index is 2.18. The van der Waals surface area contributed by atoms with Crippen molar-refractivity contribution in [3.8, 4) is 0 Å². The van der Waals surface area contributed by atoms with Crippen molar-refractivity contribution in [3.63, 3.8) is 0 Å². The standard InChI is InChI=1S/C19H18F3NO3/c20-19(21,22)10-11-23(13-14-6-2-1-3-7-14)17(24)12-15-8-4-5-9-16(15)18(25)26/h1-9H,10-13H2,(H,25,26). The molecule has 7 heteroatoms. The van der Waals surface area contributed by atoms with Gasteiger partial charge in [0.1, 0.15) is 0 Å². The van der Waals surface area contributed by atoms with Crippen molar-refractivity contribution in [1.29, 1.82) is 0 Å². The maximum absolute atomic E-state index is 12.6. The highest BCUT2D eigenvalue weighted by Crippen LogP contribution is 2.21. The van der Waals surface area contributed by atoms with E-state index in [-0.39, 0.29) is 24.1 Å². The number of carboxylic acids is 1. The topological polar surface area (TPSA) is 57.6 Å². The van der Waals surface area contributed by atoms with Crippen LogP contribution in [0.15, 0.2) is 54.6 Å². The molecule has 2 rings (SSSR count). The Bertz CT molecular complexity index is 760. The van der Waals surface area contributed by atoms with Gasteiger partial charge in [-0.15, -0.1) is 0 Å². The molecule has 0 bridgehead atoms. The lowest BCUT2D eigenvalue weighted by atomic mass is 10.0. The van der Waals surface area contributed by atoms with Crippen LogP contribution in [0.2, 0.25) is 0 Å². The first kappa shape index (κ1) is 19.5. The summed E-state index contributed by atoms with van der Waals surface area (Å²) in [4.78, 5) is 24.9. The van der Waals surface area contributed by atoms with Crippen molar-refractivity contribution in [2.45, 2.75) is 25.6 Å². The summed E-state index contributed by atoms with van der Waals surface area (Å²) in [5, 5.41) is 9.19. The SMILES string of the molecule is O=C(O)c1ccccc1CC(=O)N(CCC(F)(F)F)Cc1ccccc1. The average Bonchev–Trinajstić information content (AvgIpc) is 2.59. The van der Waals surface area contributed by atoms with Crippen LogP contribution in [-0.2, 0) is 17.8 Å². The van der Waals surface area contributed by atoms with Gasteiger partial charge in [-0.3, -0.25) is 4.79 Å². The Labute approximate surface area is 148 Å². The number of benzene rings is 2. The van der Waals surface area contributed by atoms with Crippen LogP contribution >= 0.6 is 0 Å². The second-order valence-electron chi connectivity index (χ2n) is 5.81. The van der Waals surface area contributed by atoms with E-state index in [9.17, 15) is 27.9 Å². The fourth-order valence-electron chi connectivity index (χ4n) is 2.52. The van der Waals surface area contributed by atoms with Gasteiger partial charge in [0.15, 0.2) is 0 Å². The summed E-state index contributed by atoms with van der Waals surface area (Å²) in [6.07, 6.45) is -5.77. The van der Waals surface area contributed by atoms with E-state index in [1.54, 1.807) is 36.4 Å². The summed E-state index contributed by atoms with van der Waals surface area (Å²) >= 11 is 0. The zero-order chi connectivity index (χ0) is 19.2. The van der Waals surface area contributed by atoms with Crippen LogP contribution in [0.3, 0.4) is 0 Å². The molecule has 0 aliphatic carbocycles. The molecule has 0 fully saturated rings. The first-order valence-corrected chi connectivity index (χ1v) is 7.96. The van der Waals surface area contributed by atoms with Gasteiger partial charge in [0, 0.05) is 13.1 Å². The number of rotatable bonds is 7. The number of carboxylic acid groups (broad SMARTS) is 1. The van der Waals surface area contributed by atoms with Gasteiger partial charge < -0.3 is 10.0 Å². The molecule has 0 aliphatic rings. The van der Waals surface area contributed by atoms with E-state index in [0.29, 0.717) is 5.56 Å². The van der Waals surface area contributed by atoms with Crippen molar-refractivity contribution in [3.05, 3.63) is 71.3 Å². The van der Waals surface area contributed by atoms with E-state index in [1.807, 2.05) is 0 Å². The van der Waals surface area contributed by atoms with E-state index < -0.39 is 31.0 Å². The van der Waals surface area contributed by atoms with Crippen LogP contribution in [-0.4, -0.2) is 34.6 Å². The summed E-state index contributed by atoms with van der Waals surface area (Å²) in [7, 11) is 0. The van der Waals surface area contributed by atoms with E-state index in [1.165, 1.54) is 18.2 Å². The molecule has 2 aromatic rings. The second kappa shape index (κ2) is 8.51. The van der Waals surface area contributed by atoms with Gasteiger partial charge >= 0.3 is 12.1 Å². The Morgan fingerprint density at radius 2 is 1.58 bits per heavy atom. The fraction of sp³-hybridized carbons (Fsp3) is 0.263. The maximum Gasteiger partial charge on any atom is 0.390 e. The van der Waals surface area contributed by atoms with E-state index in [4.69, 9.17) is 0 Å². The molecule has 138 valence electrons. The first-order valence-electron chi connectivity index (χ1n) is 7.96. The number of hydrogen-bond acceptors (Lipinski definition) is 2. The normalized spacial score (nSPS) is 11.2. The van der Waals surface area contributed by atoms with E-state index in [2.05, 4.69) is 0 Å². The van der Waals surface area contributed by atoms with Crippen molar-refractivity contribution in [2.75, 3.05) is 6.54 Å². The Kier molecular flexibility index (Phi) is 6.38. The molecule has 0 aromatic heterocycles. The lowest BCUT2D eigenvalue weighted by Crippen LogP contribution is -2.35. The molecule has 4 nitrogen and oxygen atoms in total. The monoisotopic (exact) mass is 365 g/mol. The molecule has 0 unspecified atom stereocenters. The summed E-state index contributed by atoms with van der Waals surface area (Å²) < 4.78 is 37.8. The van der Waals surface area contributed by atoms with Gasteiger partial charge in [-0.25, -0.2) is 4.79 Å². The molecule has 26 heavy (non-hydrogen) atoms. The Morgan fingerprint density at radius 1 is 0.962 bits per heavy atom. The highest BCUT2D eigenvalue weighted by atomic mass is 19.4. The molecule has 1 N–H and O–H groups in total. The predicted octanol–water partition coefficient (Wildman–Crippen LogP) is 3.91. The molecule has 0 spiro atoms. The van der Waals surface area contributed by atoms with Crippen molar-refractivity contribution in [1.82, 2.24) is 4.90 Å². The van der Waals surface area contributed by atoms with Crippen molar-refractivity contribution >= 4 is 11.9 Å². The van der Waals surface area contributed by atoms with Gasteiger partial charge in [-0.2, -0.15) is 13.2 Å². The van der Waals surface area contributed by atoms with E-state index >= 15 is 0 Å². The quantitative estimate of drug-likeness (QED) is 0.809. The second-order valence-corrected chi connectivity index (χ2v) is 5.81. The van der Waals surface area contributed by atoms with Gasteiger partial charge in [-0.1, -0.05) is 48.5 Å². The fourth-order valence-corrected chi connectivity index (χ4v) is 2.52. The molecule has 0 aliphatic heterocycles. The third kappa shape index (κ3) is 5.91. The minimum atomic E-state index is -4.38. The van der Waals surface area contributed by atoms with Crippen LogP contribution in [0.25, 0.3) is 0 Å². The Morgan fingerprint density at radius 3 is 2.19 bits per heavy atom. The molecule has 0 saturated carbocycles. The van der Waals surface area contributed by atoms with Crippen LogP contribution in [0.1, 0.15) is 27.9 Å². The largest absolute Gasteiger partial charge is 0.478 e. The summed E-state index contributed by atoms with van der Waals surface area (Å²) in [6.45, 7) is -0.447. The van der Waals surface area contributed by atoms with Crippen LogP contribution in [0.5, 0.6) is 0 Å². The van der Waals surface area contributed by atoms with Crippen LogP contribution in [0, 0.1) is 0 Å². The highest BCUT2D eigenvalue weighted by Gasteiger charge is 2.29. The van der Waals surface area contributed by atoms with E-state index in [0.717, 1.165) is 4.90 Å². The summed E-state index contributed by atoms with van der Waals surface area (Å²) in [6, 6.07) is 14.7. The summed E-state index contributed by atoms with van der Waals surface area (Å²) in [5.41, 5.74) is 0.945. The van der Waals surface area contributed by atoms with Gasteiger partial charge in [0.05, 0.1) is 18.4 Å². The molecule has 0 radical (unpaired) electrons. The third-order valence-electron chi connectivity index (χ3n) is 3.82. The number of halogens is 3. The first-order chi connectivity index (χ1) is 12.3. The minimum absolute atomic E-state index is 0.0312. The third-order valence-corrected chi connectivity index (χ3v) is 3.82. The van der Waals surface area contributed by atoms with Crippen molar-refractivity contribution in [2.24, 2.45) is 0 Å². The molecule has 0 heterocycles. The molecule has 0 saturated heterocycles. The zero-order valence-corrected chi connectivity index (χ0v) is 13.9. The smallest absolute Gasteiger partial charge is 0.390 e. The van der Waals surface area contributed by atoms with Gasteiger partial charge in [0.2, 0.25) is 5.91 Å². The number of alkyl halides is 3. The highest BCUT2D eigenvalue weighted by molar-refractivity contribution is 5.91. The maximum atomic E-state index is 12.6. The molecular formula is C19H18F3NO3. The lowest BCUT2D eigenvalue weighted by Gasteiger charge is -2.24. The molecule has 0 atom stereocenters. The zero-order valence-electron chi connectivity index (χ0n) is 13.9. The molecular weight excluding hydrogens is 347 g/mol. The van der Waals surface area contributed by atoms with Crippen LogP contribution in [0.4, 0.5) is 13.2 Å². The number of carbonyl (C=O) groups excluding carboxylic acids is 1. The van der Waals surface area contributed by atoms with Crippen LogP contribution < -0.4 is 0 Å².